The lowest BCUT2D eigenvalue weighted by Crippen LogP contribution is -2.42. The molecule has 0 bridgehead atoms. The van der Waals surface area contributed by atoms with Crippen molar-refractivity contribution in [2.45, 2.75) is 29.8 Å². The van der Waals surface area contributed by atoms with Crippen LogP contribution >= 0.6 is 0 Å². The highest BCUT2D eigenvalue weighted by Gasteiger charge is 2.38. The molecule has 8 nitrogen and oxygen atoms in total. The van der Waals surface area contributed by atoms with Crippen molar-refractivity contribution in [1.29, 1.82) is 0 Å². The van der Waals surface area contributed by atoms with Crippen molar-refractivity contribution in [2.75, 3.05) is 13.1 Å². The van der Waals surface area contributed by atoms with Crippen LogP contribution in [-0.4, -0.2) is 41.7 Å². The molecular formula is C19H18F3N5O3S. The van der Waals surface area contributed by atoms with Gasteiger partial charge in [0.2, 0.25) is 0 Å². The summed E-state index contributed by atoms with van der Waals surface area (Å²) in [5, 5.41) is 4.28. The predicted octanol–water partition coefficient (Wildman–Crippen LogP) is 2.76. The average Bonchev–Trinajstić information content (AvgIpc) is 3.15. The summed E-state index contributed by atoms with van der Waals surface area (Å²) < 4.78 is 66.8. The molecule has 31 heavy (non-hydrogen) atoms. The molecule has 0 amide bonds. The first-order valence-corrected chi connectivity index (χ1v) is 10.9. The van der Waals surface area contributed by atoms with E-state index < -0.39 is 32.7 Å². The minimum absolute atomic E-state index is 0.0989. The Morgan fingerprint density at radius 3 is 2.52 bits per heavy atom. The summed E-state index contributed by atoms with van der Waals surface area (Å²) in [4.78, 5) is 18.6. The third-order valence-electron chi connectivity index (χ3n) is 5.14. The summed E-state index contributed by atoms with van der Waals surface area (Å²) >= 11 is 0. The Morgan fingerprint density at radius 2 is 1.87 bits per heavy atom. The second-order valence-corrected chi connectivity index (χ2v) is 9.06. The fourth-order valence-electron chi connectivity index (χ4n) is 3.51. The smallest absolute Gasteiger partial charge is 0.416 e. The molecule has 12 heteroatoms. The van der Waals surface area contributed by atoms with E-state index in [9.17, 15) is 26.7 Å². The number of sulfonamides is 1. The number of nitrogens with one attached hydrogen (secondary N) is 1. The van der Waals surface area contributed by atoms with Gasteiger partial charge in [-0.1, -0.05) is 16.3 Å². The van der Waals surface area contributed by atoms with E-state index in [4.69, 9.17) is 0 Å². The summed E-state index contributed by atoms with van der Waals surface area (Å²) in [5.41, 5.74) is -1.46. The summed E-state index contributed by atoms with van der Waals surface area (Å²) in [6.45, 7) is 0.198. The van der Waals surface area contributed by atoms with Gasteiger partial charge in [-0.05, 0) is 37.1 Å². The van der Waals surface area contributed by atoms with Crippen LogP contribution in [0.3, 0.4) is 0 Å². The molecule has 1 atom stereocenters. The van der Waals surface area contributed by atoms with Crippen molar-refractivity contribution in [3.05, 3.63) is 70.5 Å². The van der Waals surface area contributed by atoms with Gasteiger partial charge in [0.15, 0.2) is 21.1 Å². The molecule has 1 aliphatic rings. The van der Waals surface area contributed by atoms with E-state index in [0.29, 0.717) is 30.6 Å². The number of benzene rings is 1. The minimum atomic E-state index is -4.63. The van der Waals surface area contributed by atoms with E-state index in [1.165, 1.54) is 6.20 Å². The van der Waals surface area contributed by atoms with Crippen LogP contribution in [0.1, 0.15) is 30.1 Å². The summed E-state index contributed by atoms with van der Waals surface area (Å²) in [6.07, 6.45) is -2.36. The Bertz CT molecular complexity index is 1170. The molecule has 1 fully saturated rings. The van der Waals surface area contributed by atoms with Crippen molar-refractivity contribution < 1.29 is 21.9 Å². The quantitative estimate of drug-likeness (QED) is 0.612. The van der Waals surface area contributed by atoms with Crippen LogP contribution in [0.4, 0.5) is 13.2 Å². The predicted molar refractivity (Wildman–Crippen MR) is 104 cm³/mol. The van der Waals surface area contributed by atoms with Gasteiger partial charge in [0.25, 0.3) is 0 Å². The minimum Gasteiger partial charge on any atom is -0.593 e. The highest BCUT2D eigenvalue weighted by Crippen LogP contribution is 2.34. The molecule has 1 aromatic carbocycles. The van der Waals surface area contributed by atoms with Gasteiger partial charge in [-0.15, -0.1) is 9.40 Å². The van der Waals surface area contributed by atoms with Gasteiger partial charge in [-0.3, -0.25) is 4.98 Å². The summed E-state index contributed by atoms with van der Waals surface area (Å²) in [6, 6.07) is 8.78. The average molecular weight is 453 g/mol. The molecule has 0 spiro atoms. The van der Waals surface area contributed by atoms with Crippen LogP contribution in [0.15, 0.2) is 58.4 Å². The monoisotopic (exact) mass is 453 g/mol. The number of piperidine rings is 1. The highest BCUT2D eigenvalue weighted by atomic mass is 32.3. The van der Waals surface area contributed by atoms with Crippen LogP contribution in [0.2, 0.25) is 0 Å². The molecule has 0 radical (unpaired) electrons. The molecule has 3 aromatic rings. The van der Waals surface area contributed by atoms with Crippen molar-refractivity contribution in [1.82, 2.24) is 24.1 Å². The Kier molecular flexibility index (Phi) is 5.54. The van der Waals surface area contributed by atoms with Gasteiger partial charge in [0.1, 0.15) is 5.82 Å². The number of H-pyrrole nitrogens is 1. The van der Waals surface area contributed by atoms with E-state index in [0.717, 1.165) is 27.2 Å². The topological polar surface area (TPSA) is 107 Å². The van der Waals surface area contributed by atoms with Crippen molar-refractivity contribution >= 4 is 10.4 Å². The van der Waals surface area contributed by atoms with Gasteiger partial charge in [-0.2, -0.15) is 17.9 Å². The zero-order valence-corrected chi connectivity index (χ0v) is 16.9. The standard InChI is InChI=1S/C19H18F3N5O3S/c20-19(21,22)14-4-3-5-15(12-14)31(29,30)26-10-7-13(8-11-26)17-24-18(28)27(25-17)16-6-1-2-9-23-16/h1-6,9,12-13H,7-8,10-11H2,(H-,24,25,28,29,30). The zero-order valence-electron chi connectivity index (χ0n) is 16.1. The fourth-order valence-corrected chi connectivity index (χ4v) is 5.03. The first kappa shape index (κ1) is 21.4. The van der Waals surface area contributed by atoms with Crippen molar-refractivity contribution in [2.24, 2.45) is 0 Å². The number of rotatable bonds is 4. The number of pyridine rings is 1. The Labute approximate surface area is 176 Å². The van der Waals surface area contributed by atoms with Gasteiger partial charge in [0, 0.05) is 31.3 Å². The number of aromatic amines is 1. The second kappa shape index (κ2) is 8.02. The normalized spacial score (nSPS) is 18.1. The molecule has 2 aromatic heterocycles. The van der Waals surface area contributed by atoms with Crippen molar-refractivity contribution in [3.63, 3.8) is 0 Å². The number of halogens is 3. The van der Waals surface area contributed by atoms with E-state index in [1.807, 2.05) is 0 Å². The third kappa shape index (κ3) is 4.31. The first-order valence-electron chi connectivity index (χ1n) is 9.44. The second-order valence-electron chi connectivity index (χ2n) is 7.12. The maximum Gasteiger partial charge on any atom is 0.416 e. The summed E-state index contributed by atoms with van der Waals surface area (Å²) in [7, 11) is -4.07. The van der Waals surface area contributed by atoms with Gasteiger partial charge < -0.3 is 4.55 Å². The van der Waals surface area contributed by atoms with Crippen LogP contribution in [0, 0.1) is 0 Å². The molecule has 1 unspecified atom stereocenters. The fraction of sp³-hybridized carbons (Fsp3) is 0.316. The Balaban J connectivity index is 1.49. The SMILES string of the molecule is O=c1[nH]c(C2CCN([S+](=O)([O-])c3cccc(C(F)(F)F)c3)CC2)nn1-c1ccccn1. The largest absolute Gasteiger partial charge is 0.593 e. The third-order valence-corrected chi connectivity index (χ3v) is 7.04. The lowest BCUT2D eigenvalue weighted by atomic mass is 9.98. The molecule has 3 heterocycles. The number of nitrogens with zero attached hydrogens (tertiary/aromatic N) is 4. The van der Waals surface area contributed by atoms with E-state index in [1.54, 1.807) is 18.2 Å². The molecule has 1 aliphatic heterocycles. The zero-order chi connectivity index (χ0) is 22.2. The van der Waals surface area contributed by atoms with E-state index in [2.05, 4.69) is 15.1 Å². The molecular weight excluding hydrogens is 435 g/mol. The molecule has 1 N–H and O–H groups in total. The number of hydrogen-bond donors (Lipinski definition) is 1. The number of hydrogen-bond acceptors (Lipinski definition) is 5. The molecule has 0 saturated carbocycles. The van der Waals surface area contributed by atoms with Gasteiger partial charge in [0.05, 0.1) is 5.56 Å². The maximum atomic E-state index is 12.9. The summed E-state index contributed by atoms with van der Waals surface area (Å²) in [5.74, 6) is 0.594. The lowest BCUT2D eigenvalue weighted by molar-refractivity contribution is -0.137. The molecule has 164 valence electrons. The highest BCUT2D eigenvalue weighted by molar-refractivity contribution is 7.95. The van der Waals surface area contributed by atoms with Crippen molar-refractivity contribution in [3.8, 4) is 5.82 Å². The van der Waals surface area contributed by atoms with Gasteiger partial charge >= 0.3 is 11.9 Å². The number of aromatic nitrogens is 4. The Hall–Kier alpha value is -2.83. The van der Waals surface area contributed by atoms with Gasteiger partial charge in [-0.25, -0.2) is 9.78 Å². The number of alkyl halides is 3. The Morgan fingerprint density at radius 1 is 1.13 bits per heavy atom. The van der Waals surface area contributed by atoms with E-state index in [-0.39, 0.29) is 19.0 Å². The van der Waals surface area contributed by atoms with Crippen LogP contribution < -0.4 is 5.69 Å². The molecule has 1 saturated heterocycles. The van der Waals surface area contributed by atoms with Crippen LogP contribution in [-0.2, 0) is 20.8 Å². The van der Waals surface area contributed by atoms with Crippen LogP contribution in [0.5, 0.6) is 0 Å². The van der Waals surface area contributed by atoms with Crippen LogP contribution in [0.25, 0.3) is 5.82 Å². The first-order chi connectivity index (χ1) is 14.7. The van der Waals surface area contributed by atoms with E-state index >= 15 is 0 Å². The molecule has 0 aliphatic carbocycles. The maximum absolute atomic E-state index is 12.9. The lowest BCUT2D eigenvalue weighted by Gasteiger charge is -2.33. The molecule has 4 rings (SSSR count).